The zero-order valence-corrected chi connectivity index (χ0v) is 14.3. The molecule has 0 radical (unpaired) electrons. The molecular formula is C18H28N2O3. The van der Waals surface area contributed by atoms with Crippen LogP contribution in [0.3, 0.4) is 0 Å². The highest BCUT2D eigenvalue weighted by molar-refractivity contribution is 5.78. The fourth-order valence-electron chi connectivity index (χ4n) is 3.00. The first-order valence-electron chi connectivity index (χ1n) is 8.27. The van der Waals surface area contributed by atoms with E-state index in [1.165, 1.54) is 11.1 Å². The Labute approximate surface area is 138 Å². The molecule has 2 rings (SSSR count). The number of carbonyl (C=O) groups excluding carboxylic acids is 1. The monoisotopic (exact) mass is 320 g/mol. The minimum atomic E-state index is -0.0590. The number of methoxy groups -OCH3 is 1. The van der Waals surface area contributed by atoms with Crippen molar-refractivity contribution in [2.24, 2.45) is 11.7 Å². The maximum absolute atomic E-state index is 12.2. The van der Waals surface area contributed by atoms with Gasteiger partial charge < -0.3 is 20.5 Å². The molecule has 5 nitrogen and oxygen atoms in total. The van der Waals surface area contributed by atoms with Gasteiger partial charge in [0.1, 0.15) is 12.4 Å². The molecule has 3 N–H and O–H groups in total. The summed E-state index contributed by atoms with van der Waals surface area (Å²) in [5.74, 6) is 0.890. The summed E-state index contributed by atoms with van der Waals surface area (Å²) < 4.78 is 11.0. The van der Waals surface area contributed by atoms with Crippen molar-refractivity contribution in [1.29, 1.82) is 0 Å². The molecule has 23 heavy (non-hydrogen) atoms. The van der Waals surface area contributed by atoms with Gasteiger partial charge in [-0.25, -0.2) is 0 Å². The molecule has 5 heteroatoms. The molecule has 0 heterocycles. The molecule has 128 valence electrons. The van der Waals surface area contributed by atoms with Gasteiger partial charge in [-0.2, -0.15) is 0 Å². The first kappa shape index (κ1) is 17.8. The van der Waals surface area contributed by atoms with Crippen LogP contribution in [0.4, 0.5) is 0 Å². The minimum Gasteiger partial charge on any atom is -0.492 e. The molecule has 1 aromatic rings. The average molecular weight is 320 g/mol. The van der Waals surface area contributed by atoms with E-state index < -0.39 is 0 Å². The molecule has 0 bridgehead atoms. The number of nitrogens with two attached hydrogens (primary N) is 1. The van der Waals surface area contributed by atoms with Gasteiger partial charge in [-0.1, -0.05) is 6.07 Å². The lowest BCUT2D eigenvalue weighted by Crippen LogP contribution is -2.46. The highest BCUT2D eigenvalue weighted by Gasteiger charge is 2.31. The van der Waals surface area contributed by atoms with Crippen LogP contribution in [-0.2, 0) is 9.53 Å². The van der Waals surface area contributed by atoms with Crippen LogP contribution >= 0.6 is 0 Å². The predicted molar refractivity (Wildman–Crippen MR) is 90.5 cm³/mol. The summed E-state index contributed by atoms with van der Waals surface area (Å²) in [6.45, 7) is 5.10. The Morgan fingerprint density at radius 3 is 2.74 bits per heavy atom. The number of hydrogen-bond acceptors (Lipinski definition) is 4. The van der Waals surface area contributed by atoms with Crippen molar-refractivity contribution in [3.63, 3.8) is 0 Å². The first-order chi connectivity index (χ1) is 11.0. The standard InChI is InChI=1S/C18H28N2O3/c1-12-4-6-15(10-13(12)2)23-9-8-20-18(21)14-5-7-17(22-3)16(19)11-14/h4,6,10,14,16-17H,5,7-9,11,19H2,1-3H3,(H,20,21)/t14-,16+,17+/m0/s1. The molecule has 1 amide bonds. The molecular weight excluding hydrogens is 292 g/mol. The molecule has 3 atom stereocenters. The molecule has 0 aromatic heterocycles. The highest BCUT2D eigenvalue weighted by Crippen LogP contribution is 2.25. The number of nitrogens with one attached hydrogen (secondary N) is 1. The molecule has 1 aromatic carbocycles. The molecule has 0 saturated heterocycles. The van der Waals surface area contributed by atoms with Crippen LogP contribution < -0.4 is 15.8 Å². The smallest absolute Gasteiger partial charge is 0.223 e. The predicted octanol–water partition coefficient (Wildman–Crippen LogP) is 1.94. The van der Waals surface area contributed by atoms with Crippen molar-refractivity contribution >= 4 is 5.91 Å². The minimum absolute atomic E-state index is 0.0157. The summed E-state index contributed by atoms with van der Waals surface area (Å²) in [6, 6.07) is 5.95. The van der Waals surface area contributed by atoms with Gasteiger partial charge in [0, 0.05) is 19.1 Å². The Morgan fingerprint density at radius 1 is 1.30 bits per heavy atom. The van der Waals surface area contributed by atoms with Crippen molar-refractivity contribution < 1.29 is 14.3 Å². The maximum atomic E-state index is 12.2. The van der Waals surface area contributed by atoms with Gasteiger partial charge in [0.15, 0.2) is 0 Å². The van der Waals surface area contributed by atoms with Crippen molar-refractivity contribution in [3.8, 4) is 5.75 Å². The number of carbonyl (C=O) groups is 1. The van der Waals surface area contributed by atoms with Gasteiger partial charge in [-0.05, 0) is 56.4 Å². The van der Waals surface area contributed by atoms with E-state index in [0.29, 0.717) is 19.6 Å². The number of benzene rings is 1. The van der Waals surface area contributed by atoms with Crippen molar-refractivity contribution in [2.75, 3.05) is 20.3 Å². The zero-order chi connectivity index (χ0) is 16.8. The Hall–Kier alpha value is -1.59. The van der Waals surface area contributed by atoms with Crippen molar-refractivity contribution in [3.05, 3.63) is 29.3 Å². The fraction of sp³-hybridized carbons (Fsp3) is 0.611. The average Bonchev–Trinajstić information content (AvgIpc) is 2.54. The molecule has 0 spiro atoms. The summed E-state index contributed by atoms with van der Waals surface area (Å²) >= 11 is 0. The fourth-order valence-corrected chi connectivity index (χ4v) is 3.00. The second-order valence-corrected chi connectivity index (χ2v) is 6.33. The molecule has 1 aliphatic carbocycles. The summed E-state index contributed by atoms with van der Waals surface area (Å²) in [7, 11) is 1.68. The number of aryl methyl sites for hydroxylation is 2. The van der Waals surface area contributed by atoms with E-state index in [9.17, 15) is 4.79 Å². The normalized spacial score (nSPS) is 24.3. The topological polar surface area (TPSA) is 73.6 Å². The van der Waals surface area contributed by atoms with Gasteiger partial charge in [-0.3, -0.25) is 4.79 Å². The molecule has 1 aliphatic rings. The maximum Gasteiger partial charge on any atom is 0.223 e. The third kappa shape index (κ3) is 4.94. The summed E-state index contributed by atoms with van der Waals surface area (Å²) in [4.78, 5) is 12.2. The van der Waals surface area contributed by atoms with E-state index in [4.69, 9.17) is 15.2 Å². The largest absolute Gasteiger partial charge is 0.492 e. The third-order valence-electron chi connectivity index (χ3n) is 4.66. The SMILES string of the molecule is CO[C@@H]1CC[C@H](C(=O)NCCOc2ccc(C)c(C)c2)C[C@H]1N. The Kier molecular flexibility index (Phi) is 6.42. The van der Waals surface area contributed by atoms with Crippen molar-refractivity contribution in [2.45, 2.75) is 45.3 Å². The highest BCUT2D eigenvalue weighted by atomic mass is 16.5. The lowest BCUT2D eigenvalue weighted by molar-refractivity contribution is -0.127. The molecule has 1 fully saturated rings. The molecule has 0 aliphatic heterocycles. The van der Waals surface area contributed by atoms with Crippen LogP contribution in [0, 0.1) is 19.8 Å². The Bertz CT molecular complexity index is 533. The second-order valence-electron chi connectivity index (χ2n) is 6.33. The van der Waals surface area contributed by atoms with E-state index in [1.54, 1.807) is 7.11 Å². The van der Waals surface area contributed by atoms with Gasteiger partial charge >= 0.3 is 0 Å². The van der Waals surface area contributed by atoms with E-state index >= 15 is 0 Å². The molecule has 1 saturated carbocycles. The van der Waals surface area contributed by atoms with Gasteiger partial charge in [0.05, 0.1) is 12.6 Å². The Balaban J connectivity index is 1.69. The quantitative estimate of drug-likeness (QED) is 0.786. The Morgan fingerprint density at radius 2 is 2.09 bits per heavy atom. The van der Waals surface area contributed by atoms with Gasteiger partial charge in [-0.15, -0.1) is 0 Å². The van der Waals surface area contributed by atoms with Crippen LogP contribution in [0.5, 0.6) is 5.75 Å². The summed E-state index contributed by atoms with van der Waals surface area (Å²) in [5.41, 5.74) is 8.49. The summed E-state index contributed by atoms with van der Waals surface area (Å²) in [6.07, 6.45) is 2.43. The number of amides is 1. The van der Waals surface area contributed by atoms with Crippen LogP contribution in [0.25, 0.3) is 0 Å². The van der Waals surface area contributed by atoms with E-state index in [-0.39, 0.29) is 24.0 Å². The number of hydrogen-bond donors (Lipinski definition) is 2. The van der Waals surface area contributed by atoms with E-state index in [1.807, 2.05) is 18.2 Å². The summed E-state index contributed by atoms with van der Waals surface area (Å²) in [5, 5.41) is 2.94. The van der Waals surface area contributed by atoms with E-state index in [0.717, 1.165) is 18.6 Å². The van der Waals surface area contributed by atoms with Crippen LogP contribution in [0.15, 0.2) is 18.2 Å². The number of ether oxygens (including phenoxy) is 2. The zero-order valence-electron chi connectivity index (χ0n) is 14.3. The second kappa shape index (κ2) is 8.31. The first-order valence-corrected chi connectivity index (χ1v) is 8.27. The van der Waals surface area contributed by atoms with Crippen LogP contribution in [-0.4, -0.2) is 38.3 Å². The van der Waals surface area contributed by atoms with Gasteiger partial charge in [0.2, 0.25) is 5.91 Å². The van der Waals surface area contributed by atoms with Crippen LogP contribution in [0.2, 0.25) is 0 Å². The third-order valence-corrected chi connectivity index (χ3v) is 4.66. The van der Waals surface area contributed by atoms with Crippen LogP contribution in [0.1, 0.15) is 30.4 Å². The van der Waals surface area contributed by atoms with Gasteiger partial charge in [0.25, 0.3) is 0 Å². The molecule has 0 unspecified atom stereocenters. The number of rotatable bonds is 6. The lowest BCUT2D eigenvalue weighted by atomic mass is 9.83. The van der Waals surface area contributed by atoms with Crippen molar-refractivity contribution in [1.82, 2.24) is 5.32 Å². The van der Waals surface area contributed by atoms with E-state index in [2.05, 4.69) is 19.2 Å². The lowest BCUT2D eigenvalue weighted by Gasteiger charge is -2.32.